The number of hydrogen-bond donors (Lipinski definition) is 0. The normalized spacial score (nSPS) is 13.4. The number of rotatable bonds is 8. The first kappa shape index (κ1) is 44.4. The highest BCUT2D eigenvalue weighted by Gasteiger charge is 2.33. The first-order chi connectivity index (χ1) is 31.9. The molecule has 0 N–H and O–H groups in total. The Kier molecular flexibility index (Phi) is 11.4. The van der Waals surface area contributed by atoms with Crippen LogP contribution in [0.1, 0.15) is 53.5 Å². The Bertz CT molecular complexity index is 3390. The fourth-order valence-electron chi connectivity index (χ4n) is 7.75. The molecule has 0 aliphatic rings. The molecule has 0 radical (unpaired) electrons. The molecular formula is C52H33F9N6. The molecule has 0 spiro atoms. The van der Waals surface area contributed by atoms with Crippen LogP contribution in [0.4, 0.5) is 39.5 Å². The smallest absolute Gasteiger partial charge is 0.248 e. The van der Waals surface area contributed by atoms with Gasteiger partial charge >= 0.3 is 18.5 Å². The summed E-state index contributed by atoms with van der Waals surface area (Å²) < 4.78 is 125. The largest absolute Gasteiger partial charge is 0.416 e. The molecule has 6 nitrogen and oxygen atoms in total. The number of allylic oxidation sites excluding steroid dienone is 4. The van der Waals surface area contributed by atoms with E-state index in [0.29, 0.717) is 44.9 Å². The Balaban J connectivity index is 1.32. The van der Waals surface area contributed by atoms with Gasteiger partial charge < -0.3 is 0 Å². The molecule has 0 fully saturated rings. The fourth-order valence-corrected chi connectivity index (χ4v) is 7.75. The van der Waals surface area contributed by atoms with Crippen LogP contribution >= 0.6 is 0 Å². The number of benzene rings is 6. The van der Waals surface area contributed by atoms with Gasteiger partial charge in [0.25, 0.3) is 0 Å². The zero-order valence-electron chi connectivity index (χ0n) is 35.2. The van der Waals surface area contributed by atoms with Crippen molar-refractivity contribution in [3.05, 3.63) is 192 Å². The lowest BCUT2D eigenvalue weighted by atomic mass is 9.93. The molecule has 3 heterocycles. The molecule has 0 bridgehead atoms. The van der Waals surface area contributed by atoms with E-state index in [2.05, 4.69) is 0 Å². The third kappa shape index (κ3) is 9.22. The summed E-state index contributed by atoms with van der Waals surface area (Å²) in [6, 6.07) is 35.6. The van der Waals surface area contributed by atoms with Crippen molar-refractivity contribution in [2.45, 2.75) is 38.3 Å². The monoisotopic (exact) mass is 912 g/mol. The van der Waals surface area contributed by atoms with Gasteiger partial charge in [-0.1, -0.05) is 104 Å². The minimum Gasteiger partial charge on any atom is -0.248 e. The van der Waals surface area contributed by atoms with E-state index in [1.54, 1.807) is 110 Å². The van der Waals surface area contributed by atoms with Crippen LogP contribution in [0.25, 0.3) is 78.0 Å². The van der Waals surface area contributed by atoms with Crippen LogP contribution in [0, 0.1) is 0 Å². The van der Waals surface area contributed by atoms with Gasteiger partial charge in [-0.2, -0.15) is 39.5 Å². The fraction of sp³-hybridized carbons (Fsp3) is 0.115. The third-order valence-corrected chi connectivity index (χ3v) is 11.0. The van der Waals surface area contributed by atoms with Gasteiger partial charge in [-0.3, -0.25) is 0 Å². The van der Waals surface area contributed by atoms with Crippen molar-refractivity contribution in [1.29, 1.82) is 0 Å². The second kappa shape index (κ2) is 17.2. The van der Waals surface area contributed by atoms with Gasteiger partial charge in [-0.15, -0.1) is 0 Å². The molecule has 0 aliphatic carbocycles. The third-order valence-electron chi connectivity index (χ3n) is 11.0. The van der Waals surface area contributed by atoms with E-state index in [1.165, 1.54) is 18.2 Å². The molecule has 67 heavy (non-hydrogen) atoms. The van der Waals surface area contributed by atoms with E-state index in [0.717, 1.165) is 36.4 Å². The molecule has 0 amide bonds. The molecule has 334 valence electrons. The minimum atomic E-state index is -4.67. The zero-order chi connectivity index (χ0) is 47.3. The maximum atomic E-state index is 14.0. The molecule has 1 atom stereocenters. The molecule has 6 aromatic carbocycles. The predicted molar refractivity (Wildman–Crippen MR) is 240 cm³/mol. The van der Waals surface area contributed by atoms with Gasteiger partial charge in [0.2, 0.25) is 0 Å². The second-order valence-electron chi connectivity index (χ2n) is 15.7. The average Bonchev–Trinajstić information content (AvgIpc) is 3.31. The summed E-state index contributed by atoms with van der Waals surface area (Å²) in [4.78, 5) is 29.0. The van der Waals surface area contributed by atoms with Gasteiger partial charge in [0.15, 0.2) is 0 Å². The maximum Gasteiger partial charge on any atom is 0.416 e. The van der Waals surface area contributed by atoms with Crippen molar-refractivity contribution in [1.82, 2.24) is 29.9 Å². The SMILES string of the molecule is C/C(=C\C(=C/C(C)c1nc2ccc(C(F)(F)F)cc2nc1-c1ccccc1)c1nc2ccc(C(F)(F)F)cc2nc1-c1ccccc1)c1nc2ccc(C(F)(F)F)cc2nc1-c1ccccc1. The average molecular weight is 913 g/mol. The van der Waals surface area contributed by atoms with E-state index in [-0.39, 0.29) is 50.2 Å². The van der Waals surface area contributed by atoms with Gasteiger partial charge in [0.1, 0.15) is 0 Å². The number of fused-ring (bicyclic) bond motifs is 3. The van der Waals surface area contributed by atoms with E-state index in [9.17, 15) is 39.5 Å². The summed E-state index contributed by atoms with van der Waals surface area (Å²) in [6.45, 7) is 3.55. The lowest BCUT2D eigenvalue weighted by Gasteiger charge is -2.18. The Morgan fingerprint density at radius 3 is 1.19 bits per heavy atom. The van der Waals surface area contributed by atoms with Crippen LogP contribution in [0.3, 0.4) is 0 Å². The first-order valence-electron chi connectivity index (χ1n) is 20.6. The van der Waals surface area contributed by atoms with Crippen LogP contribution in [0.2, 0.25) is 0 Å². The lowest BCUT2D eigenvalue weighted by Crippen LogP contribution is -2.07. The van der Waals surface area contributed by atoms with Crippen molar-refractivity contribution in [3.8, 4) is 33.8 Å². The molecule has 9 rings (SSSR count). The Labute approximate surface area is 376 Å². The van der Waals surface area contributed by atoms with Crippen LogP contribution in [-0.2, 0) is 18.5 Å². The molecule has 0 saturated carbocycles. The highest BCUT2D eigenvalue weighted by Crippen LogP contribution is 2.40. The first-order valence-corrected chi connectivity index (χ1v) is 20.6. The quantitative estimate of drug-likeness (QED) is 0.112. The molecule has 9 aromatic rings. The number of aromatic nitrogens is 6. The van der Waals surface area contributed by atoms with Crippen molar-refractivity contribution >= 4 is 44.2 Å². The molecular weight excluding hydrogens is 880 g/mol. The van der Waals surface area contributed by atoms with E-state index >= 15 is 0 Å². The van der Waals surface area contributed by atoms with E-state index in [1.807, 2.05) is 6.92 Å². The van der Waals surface area contributed by atoms with Crippen molar-refractivity contribution in [2.75, 3.05) is 0 Å². The van der Waals surface area contributed by atoms with Crippen molar-refractivity contribution in [2.24, 2.45) is 0 Å². The standard InChI is InChI=1S/C52H33F9N6/c1-29(44-46(31-12-6-3-7-13-31)65-41-26-35(50(53,54)55)18-21-38(41)62-44)24-34(49-48(33-16-10-5-11-17-33)67-43-28-37(52(59,60)61)20-23-40(43)64-49)25-30(2)45-47(32-14-8-4-9-15-32)66-42-27-36(51(56,57)58)19-22-39(42)63-45/h3-29H,1-2H3/b30-25+,34-24+. The summed E-state index contributed by atoms with van der Waals surface area (Å²) in [7, 11) is 0. The van der Waals surface area contributed by atoms with Gasteiger partial charge in [-0.05, 0) is 78.7 Å². The maximum absolute atomic E-state index is 14.0. The number of halogens is 9. The number of alkyl halides is 9. The topological polar surface area (TPSA) is 77.3 Å². The highest BCUT2D eigenvalue weighted by molar-refractivity contribution is 5.93. The summed E-state index contributed by atoms with van der Waals surface area (Å²) >= 11 is 0. The summed E-state index contributed by atoms with van der Waals surface area (Å²) in [6.07, 6.45) is -10.4. The van der Waals surface area contributed by atoms with Crippen LogP contribution < -0.4 is 0 Å². The molecule has 0 aliphatic heterocycles. The molecule has 3 aromatic heterocycles. The zero-order valence-corrected chi connectivity index (χ0v) is 35.2. The van der Waals surface area contributed by atoms with E-state index in [4.69, 9.17) is 29.9 Å². The molecule has 15 heteroatoms. The van der Waals surface area contributed by atoms with Gasteiger partial charge in [0.05, 0.1) is 84.0 Å². The van der Waals surface area contributed by atoms with Gasteiger partial charge in [-0.25, -0.2) is 29.9 Å². The number of nitrogens with zero attached hydrogens (tertiary/aromatic N) is 6. The lowest BCUT2D eigenvalue weighted by molar-refractivity contribution is -0.138. The van der Waals surface area contributed by atoms with Gasteiger partial charge in [0, 0.05) is 22.6 Å². The van der Waals surface area contributed by atoms with E-state index < -0.39 is 41.1 Å². The number of hydrogen-bond acceptors (Lipinski definition) is 6. The van der Waals surface area contributed by atoms with Crippen LogP contribution in [0.5, 0.6) is 0 Å². The summed E-state index contributed by atoms with van der Waals surface area (Å²) in [5, 5.41) is 0. The highest BCUT2D eigenvalue weighted by atomic mass is 19.4. The Hall–Kier alpha value is -7.81. The van der Waals surface area contributed by atoms with Crippen molar-refractivity contribution < 1.29 is 39.5 Å². The Morgan fingerprint density at radius 2 is 0.776 bits per heavy atom. The minimum absolute atomic E-state index is 0.00489. The Morgan fingerprint density at radius 1 is 0.418 bits per heavy atom. The van der Waals surface area contributed by atoms with Crippen LogP contribution in [0.15, 0.2) is 158 Å². The summed E-state index contributed by atoms with van der Waals surface area (Å²) in [5.74, 6) is -0.695. The summed E-state index contributed by atoms with van der Waals surface area (Å²) in [5.41, 5.74) is 1.98. The second-order valence-corrected chi connectivity index (χ2v) is 15.7. The predicted octanol–water partition coefficient (Wildman–Crippen LogP) is 14.9. The molecule has 0 saturated heterocycles. The molecule has 1 unspecified atom stereocenters. The van der Waals surface area contributed by atoms with Crippen molar-refractivity contribution in [3.63, 3.8) is 0 Å². The van der Waals surface area contributed by atoms with Crippen LogP contribution in [-0.4, -0.2) is 29.9 Å².